The number of esters is 1. The molecule has 2 heterocycles. The molecule has 0 aliphatic carbocycles. The molecule has 37 heavy (non-hydrogen) atoms. The molecule has 4 rings (SSSR count). The standard InChI is InChI=1S/C15H18O3.C11H14O2.C4H5ClO/c1-12(2)14(16)18-15(8-10-17-11-9-15)13-6-4-3-5-7-13;12-11(6-8-13-9-7-11)10-4-2-1-3-5-10;1-3(2)4(5)6/h3-7H,1,8-11H2,2H3;1-5,12H,6-9H2;1H2,2H3. The van der Waals surface area contributed by atoms with Crippen LogP contribution in [0.1, 0.15) is 50.7 Å². The monoisotopic (exact) mass is 528 g/mol. The van der Waals surface area contributed by atoms with Gasteiger partial charge in [0, 0.05) is 50.0 Å². The Hall–Kier alpha value is -2.77. The summed E-state index contributed by atoms with van der Waals surface area (Å²) in [5, 5.41) is 9.80. The lowest BCUT2D eigenvalue weighted by Gasteiger charge is -2.37. The van der Waals surface area contributed by atoms with Gasteiger partial charge in [-0.1, -0.05) is 73.8 Å². The Labute approximate surface area is 224 Å². The number of hydrogen-bond donors (Lipinski definition) is 1. The molecular weight excluding hydrogens is 492 g/mol. The lowest BCUT2D eigenvalue weighted by Crippen LogP contribution is -2.38. The first kappa shape index (κ1) is 30.5. The Kier molecular flexibility index (Phi) is 12.2. The summed E-state index contributed by atoms with van der Waals surface area (Å²) in [4.78, 5) is 21.6. The van der Waals surface area contributed by atoms with Crippen LogP contribution in [0.2, 0.25) is 0 Å². The number of ether oxygens (including phenoxy) is 3. The first-order valence-electron chi connectivity index (χ1n) is 12.3. The van der Waals surface area contributed by atoms with Gasteiger partial charge in [-0.05, 0) is 36.6 Å². The van der Waals surface area contributed by atoms with E-state index in [-0.39, 0.29) is 5.97 Å². The van der Waals surface area contributed by atoms with Crippen LogP contribution in [0.5, 0.6) is 0 Å². The number of carbonyl (C=O) groups excluding carboxylic acids is 2. The van der Waals surface area contributed by atoms with Crippen LogP contribution in [0.25, 0.3) is 0 Å². The summed E-state index contributed by atoms with van der Waals surface area (Å²) in [6, 6.07) is 19.7. The number of allylic oxidation sites excluding steroid dienone is 1. The van der Waals surface area contributed by atoms with Crippen LogP contribution in [-0.4, -0.2) is 42.7 Å². The molecule has 0 amide bonds. The highest BCUT2D eigenvalue weighted by atomic mass is 35.5. The summed E-state index contributed by atoms with van der Waals surface area (Å²) in [6.07, 6.45) is 2.79. The van der Waals surface area contributed by atoms with Gasteiger partial charge in [0.2, 0.25) is 5.24 Å². The summed E-state index contributed by atoms with van der Waals surface area (Å²) in [6.45, 7) is 12.7. The second-order valence-electron chi connectivity index (χ2n) is 9.21. The minimum atomic E-state index is -0.653. The Morgan fingerprint density at radius 3 is 1.59 bits per heavy atom. The fraction of sp³-hybridized carbons (Fsp3) is 0.400. The Morgan fingerprint density at radius 2 is 1.19 bits per heavy atom. The zero-order valence-corrected chi connectivity index (χ0v) is 22.5. The fourth-order valence-corrected chi connectivity index (χ4v) is 3.90. The zero-order chi connectivity index (χ0) is 27.3. The van der Waals surface area contributed by atoms with Crippen LogP contribution in [-0.2, 0) is 35.0 Å². The third kappa shape index (κ3) is 9.56. The molecule has 6 nitrogen and oxygen atoms in total. The van der Waals surface area contributed by atoms with E-state index >= 15 is 0 Å². The van der Waals surface area contributed by atoms with Crippen molar-refractivity contribution in [1.29, 1.82) is 0 Å². The molecule has 2 aliphatic rings. The molecule has 0 bridgehead atoms. The first-order valence-corrected chi connectivity index (χ1v) is 12.7. The number of hydrogen-bond acceptors (Lipinski definition) is 6. The summed E-state index contributed by atoms with van der Waals surface area (Å²) in [5.74, 6) is -0.333. The Morgan fingerprint density at radius 1 is 0.784 bits per heavy atom. The maximum Gasteiger partial charge on any atom is 0.334 e. The molecule has 0 saturated carbocycles. The number of halogens is 1. The molecule has 2 aliphatic heterocycles. The molecular formula is C30H37ClO6. The summed E-state index contributed by atoms with van der Waals surface area (Å²) < 4.78 is 16.3. The van der Waals surface area contributed by atoms with Crippen molar-refractivity contribution in [1.82, 2.24) is 0 Å². The largest absolute Gasteiger partial charge is 0.451 e. The minimum Gasteiger partial charge on any atom is -0.451 e. The zero-order valence-electron chi connectivity index (χ0n) is 21.7. The van der Waals surface area contributed by atoms with Crippen molar-refractivity contribution in [3.63, 3.8) is 0 Å². The molecule has 2 fully saturated rings. The van der Waals surface area contributed by atoms with Gasteiger partial charge in [0.1, 0.15) is 5.60 Å². The van der Waals surface area contributed by atoms with E-state index in [4.69, 9.17) is 25.8 Å². The molecule has 0 atom stereocenters. The molecule has 0 spiro atoms. The lowest BCUT2D eigenvalue weighted by atomic mass is 9.86. The summed E-state index contributed by atoms with van der Waals surface area (Å²) in [7, 11) is 0. The third-order valence-electron chi connectivity index (χ3n) is 6.20. The first-order chi connectivity index (χ1) is 17.6. The van der Waals surface area contributed by atoms with Crippen LogP contribution < -0.4 is 0 Å². The maximum atomic E-state index is 11.8. The Balaban J connectivity index is 0.000000221. The van der Waals surface area contributed by atoms with Crippen LogP contribution in [0.3, 0.4) is 0 Å². The van der Waals surface area contributed by atoms with Crippen molar-refractivity contribution in [3.05, 3.63) is 96.1 Å². The molecule has 0 unspecified atom stereocenters. The number of carbonyl (C=O) groups is 2. The average Bonchev–Trinajstić information content (AvgIpc) is 2.91. The van der Waals surface area contributed by atoms with Crippen molar-refractivity contribution in [3.8, 4) is 0 Å². The highest BCUT2D eigenvalue weighted by Crippen LogP contribution is 2.36. The molecule has 2 aromatic rings. The van der Waals surface area contributed by atoms with E-state index in [9.17, 15) is 14.7 Å². The quantitative estimate of drug-likeness (QED) is 0.299. The fourth-order valence-electron chi connectivity index (χ4n) is 3.90. The van der Waals surface area contributed by atoms with Crippen molar-refractivity contribution in [2.24, 2.45) is 0 Å². The van der Waals surface area contributed by atoms with Gasteiger partial charge in [-0.2, -0.15) is 0 Å². The molecule has 0 radical (unpaired) electrons. The van der Waals surface area contributed by atoms with E-state index in [1.165, 1.54) is 0 Å². The van der Waals surface area contributed by atoms with E-state index in [2.05, 4.69) is 13.2 Å². The van der Waals surface area contributed by atoms with E-state index in [0.29, 0.717) is 63.3 Å². The highest BCUT2D eigenvalue weighted by Gasteiger charge is 2.38. The van der Waals surface area contributed by atoms with Gasteiger partial charge in [-0.15, -0.1) is 0 Å². The third-order valence-corrected chi connectivity index (χ3v) is 6.53. The predicted octanol–water partition coefficient (Wildman–Crippen LogP) is 5.82. The van der Waals surface area contributed by atoms with Gasteiger partial charge in [-0.3, -0.25) is 4.79 Å². The van der Waals surface area contributed by atoms with Gasteiger partial charge in [0.05, 0.1) is 18.8 Å². The SMILES string of the molecule is C=C(C)C(=O)Cl.C=C(C)C(=O)OC1(c2ccccc2)CCOCC1.OC1(c2ccccc2)CCOCC1. The normalized spacial score (nSPS) is 17.5. The van der Waals surface area contributed by atoms with Crippen LogP contribution in [0.15, 0.2) is 85.0 Å². The smallest absolute Gasteiger partial charge is 0.334 e. The van der Waals surface area contributed by atoms with Gasteiger partial charge >= 0.3 is 5.97 Å². The minimum absolute atomic E-state index is 0.333. The summed E-state index contributed by atoms with van der Waals surface area (Å²) >= 11 is 4.87. The number of aliphatic hydroxyl groups is 1. The molecule has 0 aromatic heterocycles. The van der Waals surface area contributed by atoms with Gasteiger partial charge in [0.15, 0.2) is 0 Å². The Bertz CT molecular complexity index is 1010. The van der Waals surface area contributed by atoms with E-state index in [0.717, 1.165) is 11.1 Å². The number of rotatable bonds is 5. The molecule has 2 aromatic carbocycles. The highest BCUT2D eigenvalue weighted by molar-refractivity contribution is 6.67. The topological polar surface area (TPSA) is 82.1 Å². The van der Waals surface area contributed by atoms with E-state index < -0.39 is 16.4 Å². The second kappa shape index (κ2) is 14.8. The average molecular weight is 529 g/mol. The predicted molar refractivity (Wildman–Crippen MR) is 145 cm³/mol. The van der Waals surface area contributed by atoms with Crippen LogP contribution >= 0.6 is 11.6 Å². The van der Waals surface area contributed by atoms with Crippen molar-refractivity contribution >= 4 is 22.8 Å². The second-order valence-corrected chi connectivity index (χ2v) is 9.55. The van der Waals surface area contributed by atoms with Crippen molar-refractivity contribution in [2.75, 3.05) is 26.4 Å². The van der Waals surface area contributed by atoms with Crippen molar-refractivity contribution in [2.45, 2.75) is 50.7 Å². The maximum absolute atomic E-state index is 11.8. The number of benzene rings is 2. The van der Waals surface area contributed by atoms with Crippen LogP contribution in [0.4, 0.5) is 0 Å². The molecule has 1 N–H and O–H groups in total. The molecule has 2 saturated heterocycles. The van der Waals surface area contributed by atoms with Gasteiger partial charge in [-0.25, -0.2) is 4.79 Å². The van der Waals surface area contributed by atoms with E-state index in [1.807, 2.05) is 60.7 Å². The summed E-state index contributed by atoms with van der Waals surface area (Å²) in [5.41, 5.74) is 1.64. The van der Waals surface area contributed by atoms with Crippen LogP contribution in [0, 0.1) is 0 Å². The lowest BCUT2D eigenvalue weighted by molar-refractivity contribution is -0.166. The molecule has 7 heteroatoms. The van der Waals surface area contributed by atoms with Gasteiger partial charge < -0.3 is 19.3 Å². The van der Waals surface area contributed by atoms with Gasteiger partial charge in [0.25, 0.3) is 0 Å². The van der Waals surface area contributed by atoms with Crippen molar-refractivity contribution < 1.29 is 28.9 Å². The molecule has 200 valence electrons. The van der Waals surface area contributed by atoms with E-state index in [1.54, 1.807) is 13.8 Å².